The summed E-state index contributed by atoms with van der Waals surface area (Å²) in [5.41, 5.74) is 1.37. The van der Waals surface area contributed by atoms with E-state index < -0.39 is 5.97 Å². The van der Waals surface area contributed by atoms with Gasteiger partial charge in [0.2, 0.25) is 0 Å². The minimum absolute atomic E-state index is 0.186. The molecule has 0 bridgehead atoms. The Morgan fingerprint density at radius 1 is 1.06 bits per heavy atom. The normalized spacial score (nSPS) is 9.94. The fourth-order valence-corrected chi connectivity index (χ4v) is 1.46. The topological polar surface area (TPSA) is 49.3 Å². The maximum atomic E-state index is 12.9. The Hall–Kier alpha value is -2.36. The summed E-state index contributed by atoms with van der Waals surface area (Å²) in [6.07, 6.45) is 0. The molecule has 17 heavy (non-hydrogen) atoms. The molecule has 0 aromatic heterocycles. The molecule has 0 atom stereocenters. The molecule has 3 nitrogen and oxygen atoms in total. The lowest BCUT2D eigenvalue weighted by atomic mass is 10.2. The van der Waals surface area contributed by atoms with E-state index in [-0.39, 0.29) is 11.4 Å². The molecule has 0 aliphatic carbocycles. The number of halogens is 1. The standard InChI is InChI=1S/C13H10FNO2/c14-10-4-2-6-12(8-10)15-11-5-1-3-9(7-11)13(16)17/h1-8,15H,(H,16,17). The summed E-state index contributed by atoms with van der Waals surface area (Å²) in [7, 11) is 0. The number of carboxylic acids is 1. The van der Waals surface area contributed by atoms with E-state index in [0.717, 1.165) is 0 Å². The molecule has 0 heterocycles. The molecule has 0 amide bonds. The van der Waals surface area contributed by atoms with Crippen LogP contribution in [0.1, 0.15) is 10.4 Å². The first-order valence-corrected chi connectivity index (χ1v) is 5.01. The van der Waals surface area contributed by atoms with Crippen LogP contribution in [-0.2, 0) is 0 Å². The highest BCUT2D eigenvalue weighted by molar-refractivity contribution is 5.89. The zero-order valence-corrected chi connectivity index (χ0v) is 8.85. The van der Waals surface area contributed by atoms with E-state index in [2.05, 4.69) is 5.32 Å². The van der Waals surface area contributed by atoms with Crippen molar-refractivity contribution in [2.24, 2.45) is 0 Å². The molecule has 0 unspecified atom stereocenters. The Kier molecular flexibility index (Phi) is 3.05. The number of hydrogen-bond donors (Lipinski definition) is 2. The molecule has 2 aromatic rings. The summed E-state index contributed by atoms with van der Waals surface area (Å²) >= 11 is 0. The van der Waals surface area contributed by atoms with Crippen molar-refractivity contribution in [1.82, 2.24) is 0 Å². The zero-order chi connectivity index (χ0) is 12.3. The highest BCUT2D eigenvalue weighted by Crippen LogP contribution is 2.18. The minimum Gasteiger partial charge on any atom is -0.478 e. The Bertz CT molecular complexity index is 555. The van der Waals surface area contributed by atoms with Gasteiger partial charge in [0.15, 0.2) is 0 Å². The molecule has 0 spiro atoms. The van der Waals surface area contributed by atoms with Crippen LogP contribution in [0.5, 0.6) is 0 Å². The van der Waals surface area contributed by atoms with E-state index in [0.29, 0.717) is 11.4 Å². The quantitative estimate of drug-likeness (QED) is 0.852. The lowest BCUT2D eigenvalue weighted by Crippen LogP contribution is -1.97. The molecule has 0 aliphatic heterocycles. The monoisotopic (exact) mass is 231 g/mol. The highest BCUT2D eigenvalue weighted by Gasteiger charge is 2.03. The largest absolute Gasteiger partial charge is 0.478 e. The number of benzene rings is 2. The smallest absolute Gasteiger partial charge is 0.335 e. The van der Waals surface area contributed by atoms with Gasteiger partial charge in [-0.3, -0.25) is 0 Å². The van der Waals surface area contributed by atoms with E-state index in [1.165, 1.54) is 24.3 Å². The van der Waals surface area contributed by atoms with Crippen LogP contribution in [0.4, 0.5) is 15.8 Å². The molecule has 0 radical (unpaired) electrons. The van der Waals surface area contributed by atoms with Crippen LogP contribution in [-0.4, -0.2) is 11.1 Å². The van der Waals surface area contributed by atoms with E-state index in [4.69, 9.17) is 5.11 Å². The van der Waals surface area contributed by atoms with Crippen LogP contribution < -0.4 is 5.32 Å². The van der Waals surface area contributed by atoms with Gasteiger partial charge in [-0.05, 0) is 36.4 Å². The maximum absolute atomic E-state index is 12.9. The molecule has 4 heteroatoms. The minimum atomic E-state index is -0.993. The van der Waals surface area contributed by atoms with Gasteiger partial charge in [-0.2, -0.15) is 0 Å². The van der Waals surface area contributed by atoms with Gasteiger partial charge in [0, 0.05) is 11.4 Å². The van der Waals surface area contributed by atoms with Crippen LogP contribution in [0.15, 0.2) is 48.5 Å². The van der Waals surface area contributed by atoms with Crippen molar-refractivity contribution in [2.75, 3.05) is 5.32 Å². The van der Waals surface area contributed by atoms with E-state index in [1.807, 2.05) is 0 Å². The molecule has 2 aromatic carbocycles. The third kappa shape index (κ3) is 2.81. The first kappa shape index (κ1) is 11.1. The molecule has 2 N–H and O–H groups in total. The van der Waals surface area contributed by atoms with Crippen molar-refractivity contribution in [1.29, 1.82) is 0 Å². The van der Waals surface area contributed by atoms with Gasteiger partial charge in [-0.1, -0.05) is 12.1 Å². The first-order valence-electron chi connectivity index (χ1n) is 5.01. The van der Waals surface area contributed by atoms with Crippen LogP contribution in [0, 0.1) is 5.82 Å². The van der Waals surface area contributed by atoms with E-state index >= 15 is 0 Å². The van der Waals surface area contributed by atoms with Crippen molar-refractivity contribution in [2.45, 2.75) is 0 Å². The van der Waals surface area contributed by atoms with Crippen molar-refractivity contribution >= 4 is 17.3 Å². The third-order valence-corrected chi connectivity index (χ3v) is 2.22. The molecule has 0 saturated heterocycles. The summed E-state index contributed by atoms with van der Waals surface area (Å²) in [5, 5.41) is 11.8. The van der Waals surface area contributed by atoms with Gasteiger partial charge < -0.3 is 10.4 Å². The van der Waals surface area contributed by atoms with Gasteiger partial charge in [0.1, 0.15) is 5.82 Å². The number of carboxylic acid groups (broad SMARTS) is 1. The van der Waals surface area contributed by atoms with E-state index in [1.54, 1.807) is 24.3 Å². The SMILES string of the molecule is O=C(O)c1cccc(Nc2cccc(F)c2)c1. The molecule has 0 saturated carbocycles. The predicted molar refractivity (Wildman–Crippen MR) is 63.1 cm³/mol. The van der Waals surface area contributed by atoms with Crippen molar-refractivity contribution in [3.8, 4) is 0 Å². The van der Waals surface area contributed by atoms with Crippen LogP contribution in [0.2, 0.25) is 0 Å². The molecule has 2 rings (SSSR count). The highest BCUT2D eigenvalue weighted by atomic mass is 19.1. The number of anilines is 2. The lowest BCUT2D eigenvalue weighted by molar-refractivity contribution is 0.0697. The van der Waals surface area contributed by atoms with Gasteiger partial charge in [0.25, 0.3) is 0 Å². The number of hydrogen-bond acceptors (Lipinski definition) is 2. The molecular weight excluding hydrogens is 221 g/mol. The second-order valence-corrected chi connectivity index (χ2v) is 3.52. The lowest BCUT2D eigenvalue weighted by Gasteiger charge is -2.06. The fourth-order valence-electron chi connectivity index (χ4n) is 1.46. The Labute approximate surface area is 97.5 Å². The van der Waals surface area contributed by atoms with Gasteiger partial charge in [0.05, 0.1) is 5.56 Å². The van der Waals surface area contributed by atoms with Gasteiger partial charge >= 0.3 is 5.97 Å². The van der Waals surface area contributed by atoms with Crippen molar-refractivity contribution in [3.63, 3.8) is 0 Å². The average Bonchev–Trinajstić information content (AvgIpc) is 2.29. The zero-order valence-electron chi connectivity index (χ0n) is 8.85. The molecule has 0 fully saturated rings. The predicted octanol–water partition coefficient (Wildman–Crippen LogP) is 3.27. The van der Waals surface area contributed by atoms with Crippen molar-refractivity contribution < 1.29 is 14.3 Å². The number of rotatable bonds is 3. The van der Waals surface area contributed by atoms with Crippen molar-refractivity contribution in [3.05, 3.63) is 59.9 Å². The third-order valence-electron chi connectivity index (χ3n) is 2.22. The number of aromatic carboxylic acids is 1. The summed E-state index contributed by atoms with van der Waals surface area (Å²) in [6, 6.07) is 12.3. The van der Waals surface area contributed by atoms with Crippen LogP contribution in [0.25, 0.3) is 0 Å². The van der Waals surface area contributed by atoms with E-state index in [9.17, 15) is 9.18 Å². The molecule has 0 aliphatic rings. The number of nitrogens with one attached hydrogen (secondary N) is 1. The van der Waals surface area contributed by atoms with Gasteiger partial charge in [-0.15, -0.1) is 0 Å². The second-order valence-electron chi connectivity index (χ2n) is 3.52. The maximum Gasteiger partial charge on any atom is 0.335 e. The van der Waals surface area contributed by atoms with Gasteiger partial charge in [-0.25, -0.2) is 9.18 Å². The van der Waals surface area contributed by atoms with Crippen LogP contribution in [0.3, 0.4) is 0 Å². The first-order chi connectivity index (χ1) is 8.15. The Morgan fingerprint density at radius 3 is 2.35 bits per heavy atom. The summed E-state index contributed by atoms with van der Waals surface area (Å²) in [4.78, 5) is 10.8. The number of carbonyl (C=O) groups is 1. The van der Waals surface area contributed by atoms with Crippen LogP contribution >= 0.6 is 0 Å². The molecular formula is C13H10FNO2. The summed E-state index contributed by atoms with van der Waals surface area (Å²) in [5.74, 6) is -1.34. The summed E-state index contributed by atoms with van der Waals surface area (Å²) in [6.45, 7) is 0. The fraction of sp³-hybridized carbons (Fsp3) is 0. The molecule has 86 valence electrons. The Balaban J connectivity index is 2.24. The Morgan fingerprint density at radius 2 is 1.71 bits per heavy atom. The average molecular weight is 231 g/mol. The second kappa shape index (κ2) is 4.65. The summed E-state index contributed by atoms with van der Waals surface area (Å²) < 4.78 is 12.9.